The van der Waals surface area contributed by atoms with E-state index in [9.17, 15) is 0 Å². The summed E-state index contributed by atoms with van der Waals surface area (Å²) >= 11 is 5.55. The van der Waals surface area contributed by atoms with Gasteiger partial charge in [0.15, 0.2) is 0 Å². The maximum absolute atomic E-state index is 5.55. The molecule has 14 heavy (non-hydrogen) atoms. The fourth-order valence-electron chi connectivity index (χ4n) is 1.15. The average molecular weight is 214 g/mol. The van der Waals surface area contributed by atoms with Gasteiger partial charge in [-0.1, -0.05) is 11.6 Å². The quantitative estimate of drug-likeness (QED) is 0.829. The van der Waals surface area contributed by atoms with Crippen LogP contribution >= 0.6 is 11.6 Å². The number of aromatic nitrogens is 2. The van der Waals surface area contributed by atoms with Gasteiger partial charge >= 0.3 is 0 Å². The second-order valence-corrected chi connectivity index (χ2v) is 3.66. The standard InChI is InChI=1S/C10H16ClN3/c1-8(4-11)5-12-6-10-7-13-14(3)9(10)2/h4,7,12H,5-6H2,1-3H3. The van der Waals surface area contributed by atoms with Gasteiger partial charge in [-0.3, -0.25) is 4.68 Å². The van der Waals surface area contributed by atoms with E-state index in [1.165, 1.54) is 11.3 Å². The molecule has 0 aliphatic heterocycles. The third kappa shape index (κ3) is 2.86. The highest BCUT2D eigenvalue weighted by Gasteiger charge is 2.02. The normalized spacial score (nSPS) is 12.1. The van der Waals surface area contributed by atoms with E-state index >= 15 is 0 Å². The maximum Gasteiger partial charge on any atom is 0.0537 e. The molecule has 0 saturated carbocycles. The number of aryl methyl sites for hydroxylation is 1. The van der Waals surface area contributed by atoms with Crippen LogP contribution in [0.1, 0.15) is 18.2 Å². The number of rotatable bonds is 4. The van der Waals surface area contributed by atoms with Crippen molar-refractivity contribution in [1.82, 2.24) is 15.1 Å². The maximum atomic E-state index is 5.55. The molecule has 1 aromatic rings. The van der Waals surface area contributed by atoms with Crippen LogP contribution in [0.3, 0.4) is 0 Å². The van der Waals surface area contributed by atoms with E-state index in [0.29, 0.717) is 0 Å². The zero-order valence-corrected chi connectivity index (χ0v) is 9.60. The minimum atomic E-state index is 0.817. The Morgan fingerprint density at radius 3 is 2.93 bits per heavy atom. The molecule has 0 aromatic carbocycles. The van der Waals surface area contributed by atoms with Crippen LogP contribution < -0.4 is 5.32 Å². The first-order chi connectivity index (χ1) is 6.65. The molecule has 0 spiro atoms. The van der Waals surface area contributed by atoms with E-state index in [1.54, 1.807) is 5.54 Å². The Hall–Kier alpha value is -0.800. The van der Waals surface area contributed by atoms with Gasteiger partial charge in [0.2, 0.25) is 0 Å². The van der Waals surface area contributed by atoms with E-state index in [2.05, 4.69) is 17.3 Å². The molecular formula is C10H16ClN3. The van der Waals surface area contributed by atoms with Crippen molar-refractivity contribution in [2.75, 3.05) is 6.54 Å². The molecule has 0 fully saturated rings. The van der Waals surface area contributed by atoms with Gasteiger partial charge < -0.3 is 5.32 Å². The summed E-state index contributed by atoms with van der Waals surface area (Å²) < 4.78 is 1.88. The summed E-state index contributed by atoms with van der Waals surface area (Å²) in [5.41, 5.74) is 5.16. The van der Waals surface area contributed by atoms with E-state index in [-0.39, 0.29) is 0 Å². The predicted molar refractivity (Wildman–Crippen MR) is 59.3 cm³/mol. The lowest BCUT2D eigenvalue weighted by atomic mass is 10.2. The fraction of sp³-hybridized carbons (Fsp3) is 0.500. The Labute approximate surface area is 89.8 Å². The molecule has 0 bridgehead atoms. The lowest BCUT2D eigenvalue weighted by Crippen LogP contribution is -2.15. The molecule has 0 atom stereocenters. The van der Waals surface area contributed by atoms with Gasteiger partial charge in [-0.05, 0) is 19.4 Å². The second-order valence-electron chi connectivity index (χ2n) is 3.44. The number of nitrogens with zero attached hydrogens (tertiary/aromatic N) is 2. The first-order valence-electron chi connectivity index (χ1n) is 4.59. The van der Waals surface area contributed by atoms with Gasteiger partial charge in [0.05, 0.1) is 6.20 Å². The molecule has 0 aliphatic carbocycles. The van der Waals surface area contributed by atoms with Crippen LogP contribution in [0.25, 0.3) is 0 Å². The molecule has 0 amide bonds. The lowest BCUT2D eigenvalue weighted by Gasteiger charge is -2.03. The molecule has 3 nitrogen and oxygen atoms in total. The minimum Gasteiger partial charge on any atom is -0.309 e. The SMILES string of the molecule is CC(=CCl)CNCc1cnn(C)c1C. The molecule has 4 heteroatoms. The highest BCUT2D eigenvalue weighted by Crippen LogP contribution is 2.04. The van der Waals surface area contributed by atoms with Crippen LogP contribution in [0, 0.1) is 6.92 Å². The van der Waals surface area contributed by atoms with Gasteiger partial charge in [0.25, 0.3) is 0 Å². The van der Waals surface area contributed by atoms with Gasteiger partial charge in [0.1, 0.15) is 0 Å². The topological polar surface area (TPSA) is 29.9 Å². The summed E-state index contributed by atoms with van der Waals surface area (Å²) in [5.74, 6) is 0. The van der Waals surface area contributed by atoms with Crippen LogP contribution in [0.5, 0.6) is 0 Å². The summed E-state index contributed by atoms with van der Waals surface area (Å²) in [5, 5.41) is 7.47. The number of nitrogens with one attached hydrogen (secondary N) is 1. The molecule has 0 radical (unpaired) electrons. The van der Waals surface area contributed by atoms with Crippen molar-refractivity contribution < 1.29 is 0 Å². The Balaban J connectivity index is 2.43. The Bertz CT molecular complexity index is 328. The van der Waals surface area contributed by atoms with Gasteiger partial charge in [-0.15, -0.1) is 0 Å². The summed E-state index contributed by atoms with van der Waals surface area (Å²) in [6.07, 6.45) is 1.89. The minimum absolute atomic E-state index is 0.817. The van der Waals surface area contributed by atoms with Crippen molar-refractivity contribution in [2.24, 2.45) is 7.05 Å². The Morgan fingerprint density at radius 2 is 2.43 bits per heavy atom. The molecule has 0 aliphatic rings. The summed E-state index contributed by atoms with van der Waals surface area (Å²) in [6.45, 7) is 5.71. The third-order valence-electron chi connectivity index (χ3n) is 2.24. The van der Waals surface area contributed by atoms with Crippen LogP contribution in [0.4, 0.5) is 0 Å². The number of hydrogen-bond donors (Lipinski definition) is 1. The van der Waals surface area contributed by atoms with E-state index in [4.69, 9.17) is 11.6 Å². The molecule has 1 heterocycles. The average Bonchev–Trinajstić information content (AvgIpc) is 2.49. The van der Waals surface area contributed by atoms with Gasteiger partial charge in [-0.2, -0.15) is 5.10 Å². The summed E-state index contributed by atoms with van der Waals surface area (Å²) in [4.78, 5) is 0. The third-order valence-corrected chi connectivity index (χ3v) is 2.61. The second kappa shape index (κ2) is 5.17. The van der Waals surface area contributed by atoms with Crippen molar-refractivity contribution in [3.05, 3.63) is 28.6 Å². The van der Waals surface area contributed by atoms with Crippen molar-refractivity contribution in [3.8, 4) is 0 Å². The van der Waals surface area contributed by atoms with Crippen LogP contribution in [-0.2, 0) is 13.6 Å². The van der Waals surface area contributed by atoms with Gasteiger partial charge in [0, 0.05) is 36.9 Å². The Kier molecular flexibility index (Phi) is 4.17. The molecule has 1 aromatic heterocycles. The first-order valence-corrected chi connectivity index (χ1v) is 5.03. The largest absolute Gasteiger partial charge is 0.309 e. The fourth-order valence-corrected chi connectivity index (χ4v) is 1.23. The van der Waals surface area contributed by atoms with E-state index < -0.39 is 0 Å². The summed E-state index contributed by atoms with van der Waals surface area (Å²) in [7, 11) is 1.95. The number of hydrogen-bond acceptors (Lipinski definition) is 2. The van der Waals surface area contributed by atoms with Crippen molar-refractivity contribution in [3.63, 3.8) is 0 Å². The smallest absolute Gasteiger partial charge is 0.0537 e. The predicted octanol–water partition coefficient (Wildman–Crippen LogP) is 1.96. The van der Waals surface area contributed by atoms with Crippen LogP contribution in [-0.4, -0.2) is 16.3 Å². The van der Waals surface area contributed by atoms with E-state index in [0.717, 1.165) is 18.7 Å². The lowest BCUT2D eigenvalue weighted by molar-refractivity contribution is 0.718. The number of halogens is 1. The van der Waals surface area contributed by atoms with E-state index in [1.807, 2.05) is 24.9 Å². The summed E-state index contributed by atoms with van der Waals surface area (Å²) in [6, 6.07) is 0. The van der Waals surface area contributed by atoms with Crippen molar-refractivity contribution in [1.29, 1.82) is 0 Å². The van der Waals surface area contributed by atoms with Crippen molar-refractivity contribution >= 4 is 11.6 Å². The van der Waals surface area contributed by atoms with Crippen LogP contribution in [0.2, 0.25) is 0 Å². The Morgan fingerprint density at radius 1 is 1.71 bits per heavy atom. The van der Waals surface area contributed by atoms with Crippen LogP contribution in [0.15, 0.2) is 17.3 Å². The van der Waals surface area contributed by atoms with Gasteiger partial charge in [-0.25, -0.2) is 0 Å². The highest BCUT2D eigenvalue weighted by atomic mass is 35.5. The molecule has 1 N–H and O–H groups in total. The highest BCUT2D eigenvalue weighted by molar-refractivity contribution is 6.25. The zero-order chi connectivity index (χ0) is 10.6. The molecule has 78 valence electrons. The monoisotopic (exact) mass is 213 g/mol. The molecule has 0 unspecified atom stereocenters. The molecule has 1 rings (SSSR count). The zero-order valence-electron chi connectivity index (χ0n) is 8.84. The first kappa shape index (κ1) is 11.3. The molecule has 0 saturated heterocycles. The molecular weight excluding hydrogens is 198 g/mol. The van der Waals surface area contributed by atoms with Crippen molar-refractivity contribution in [2.45, 2.75) is 20.4 Å².